The number of hydrogen-bond acceptors (Lipinski definition) is 4. The first kappa shape index (κ1) is 34.0. The zero-order valence-electron chi connectivity index (χ0n) is 25.7. The van der Waals surface area contributed by atoms with Crippen LogP contribution in [0.4, 0.5) is 5.69 Å². The molecule has 0 aliphatic rings. The number of nitrogens with zero attached hydrogens (tertiary/aromatic N) is 2. The second kappa shape index (κ2) is 15.0. The Morgan fingerprint density at radius 3 is 2.11 bits per heavy atom. The van der Waals surface area contributed by atoms with Gasteiger partial charge in [0.1, 0.15) is 12.6 Å². The van der Waals surface area contributed by atoms with Gasteiger partial charge < -0.3 is 10.2 Å². The summed E-state index contributed by atoms with van der Waals surface area (Å²) in [6.07, 6.45) is 0.200. The molecule has 1 N–H and O–H groups in total. The molecule has 0 aromatic heterocycles. The van der Waals surface area contributed by atoms with E-state index in [9.17, 15) is 18.0 Å². The Labute approximate surface area is 275 Å². The Morgan fingerprint density at radius 1 is 0.844 bits per heavy atom. The first-order chi connectivity index (χ1) is 21.4. The lowest BCUT2D eigenvalue weighted by atomic mass is 10.0. The maximum absolute atomic E-state index is 14.5. The minimum absolute atomic E-state index is 0.0508. The van der Waals surface area contributed by atoms with Crippen LogP contribution in [0.3, 0.4) is 0 Å². The number of benzene rings is 4. The van der Waals surface area contributed by atoms with Crippen molar-refractivity contribution in [2.24, 2.45) is 0 Å². The molecule has 4 aromatic carbocycles. The number of halogens is 2. The SMILES string of the molecule is Cc1ccc(S(=O)(=O)N(CC(=O)N(Cc2ccc(Cl)cc2Cl)[C@@H](Cc2ccccc2)C(=O)NC(C)C)c2ccccc2C)cc1. The van der Waals surface area contributed by atoms with E-state index in [2.05, 4.69) is 5.32 Å². The molecule has 0 bridgehead atoms. The number of sulfonamides is 1. The van der Waals surface area contributed by atoms with Gasteiger partial charge >= 0.3 is 0 Å². The monoisotopic (exact) mass is 665 g/mol. The van der Waals surface area contributed by atoms with Crippen LogP contribution in [0, 0.1) is 13.8 Å². The largest absolute Gasteiger partial charge is 0.352 e. The molecule has 45 heavy (non-hydrogen) atoms. The molecular weight excluding hydrogens is 629 g/mol. The highest BCUT2D eigenvalue weighted by Gasteiger charge is 2.35. The van der Waals surface area contributed by atoms with Gasteiger partial charge in [-0.1, -0.05) is 95.5 Å². The maximum Gasteiger partial charge on any atom is 0.264 e. The van der Waals surface area contributed by atoms with Crippen molar-refractivity contribution in [2.75, 3.05) is 10.8 Å². The lowest BCUT2D eigenvalue weighted by Crippen LogP contribution is -2.54. The van der Waals surface area contributed by atoms with E-state index >= 15 is 0 Å². The van der Waals surface area contributed by atoms with E-state index in [1.807, 2.05) is 51.1 Å². The van der Waals surface area contributed by atoms with E-state index in [-0.39, 0.29) is 29.8 Å². The normalized spacial score (nSPS) is 12.1. The van der Waals surface area contributed by atoms with E-state index in [0.717, 1.165) is 15.4 Å². The van der Waals surface area contributed by atoms with Crippen molar-refractivity contribution in [1.82, 2.24) is 10.2 Å². The molecule has 0 aliphatic heterocycles. The molecule has 4 rings (SSSR count). The summed E-state index contributed by atoms with van der Waals surface area (Å²) < 4.78 is 29.5. The molecule has 2 amide bonds. The highest BCUT2D eigenvalue weighted by molar-refractivity contribution is 7.92. The zero-order chi connectivity index (χ0) is 32.7. The summed E-state index contributed by atoms with van der Waals surface area (Å²) in [4.78, 5) is 29.8. The third-order valence-corrected chi connectivity index (χ3v) is 9.69. The quantitative estimate of drug-likeness (QED) is 0.177. The Balaban J connectivity index is 1.83. The number of amides is 2. The molecule has 7 nitrogen and oxygen atoms in total. The molecule has 0 fully saturated rings. The summed E-state index contributed by atoms with van der Waals surface area (Å²) >= 11 is 12.7. The summed E-state index contributed by atoms with van der Waals surface area (Å²) in [6, 6.07) is 26.6. The van der Waals surface area contributed by atoms with Crippen molar-refractivity contribution < 1.29 is 18.0 Å². The molecular formula is C35H37Cl2N3O4S. The first-order valence-corrected chi connectivity index (χ1v) is 16.8. The molecule has 236 valence electrons. The fraction of sp³-hybridized carbons (Fsp3) is 0.257. The Kier molecular flexibility index (Phi) is 11.3. The van der Waals surface area contributed by atoms with Gasteiger partial charge in [-0.2, -0.15) is 0 Å². The minimum Gasteiger partial charge on any atom is -0.352 e. The molecule has 10 heteroatoms. The van der Waals surface area contributed by atoms with Crippen molar-refractivity contribution in [3.8, 4) is 0 Å². The summed E-state index contributed by atoms with van der Waals surface area (Å²) in [5, 5.41) is 3.70. The van der Waals surface area contributed by atoms with Gasteiger partial charge in [0.15, 0.2) is 0 Å². The van der Waals surface area contributed by atoms with Crippen molar-refractivity contribution >= 4 is 50.7 Å². The van der Waals surface area contributed by atoms with Crippen LogP contribution in [0.1, 0.15) is 36.1 Å². The van der Waals surface area contributed by atoms with Crippen molar-refractivity contribution in [3.05, 3.63) is 129 Å². The van der Waals surface area contributed by atoms with E-state index < -0.39 is 28.5 Å². The summed E-state index contributed by atoms with van der Waals surface area (Å²) in [5.74, 6) is -0.934. The average Bonchev–Trinajstić information content (AvgIpc) is 2.99. The minimum atomic E-state index is -4.19. The lowest BCUT2D eigenvalue weighted by molar-refractivity contribution is -0.140. The summed E-state index contributed by atoms with van der Waals surface area (Å²) in [6.45, 7) is 6.74. The van der Waals surface area contributed by atoms with Crippen molar-refractivity contribution in [2.45, 2.75) is 57.6 Å². The van der Waals surface area contributed by atoms with Gasteiger partial charge in [-0.15, -0.1) is 0 Å². The fourth-order valence-electron chi connectivity index (χ4n) is 4.96. The van der Waals surface area contributed by atoms with E-state index in [0.29, 0.717) is 26.9 Å². The number of hydrogen-bond donors (Lipinski definition) is 1. The summed E-state index contributed by atoms with van der Waals surface area (Å²) in [7, 11) is -4.19. The predicted octanol–water partition coefficient (Wildman–Crippen LogP) is 6.97. The van der Waals surface area contributed by atoms with Crippen LogP contribution >= 0.6 is 23.2 Å². The summed E-state index contributed by atoms with van der Waals surface area (Å²) in [5.41, 5.74) is 3.34. The zero-order valence-corrected chi connectivity index (χ0v) is 28.0. The van der Waals surface area contributed by atoms with Crippen molar-refractivity contribution in [3.63, 3.8) is 0 Å². The molecule has 0 radical (unpaired) electrons. The Hall–Kier alpha value is -3.85. The van der Waals surface area contributed by atoms with E-state index in [1.165, 1.54) is 17.0 Å². The predicted molar refractivity (Wildman–Crippen MR) is 181 cm³/mol. The van der Waals surface area contributed by atoms with Crippen LogP contribution in [0.2, 0.25) is 10.0 Å². The first-order valence-electron chi connectivity index (χ1n) is 14.6. The van der Waals surface area contributed by atoms with Gasteiger partial charge in [-0.05, 0) is 74.7 Å². The van der Waals surface area contributed by atoms with Crippen LogP contribution in [0.5, 0.6) is 0 Å². The van der Waals surface area contributed by atoms with Crippen molar-refractivity contribution in [1.29, 1.82) is 0 Å². The van der Waals surface area contributed by atoms with Crippen LogP contribution in [-0.4, -0.2) is 43.8 Å². The van der Waals surface area contributed by atoms with Gasteiger partial charge in [-0.25, -0.2) is 8.42 Å². The number of carbonyl (C=O) groups is 2. The third-order valence-electron chi connectivity index (χ3n) is 7.33. The second-order valence-corrected chi connectivity index (χ2v) is 13.9. The molecule has 1 atom stereocenters. The molecule has 0 aliphatic carbocycles. The standard InChI is InChI=1S/C35H37Cl2N3O4S/c1-24(2)38-35(42)33(20-27-11-6-5-7-12-27)39(22-28-16-17-29(36)21-31(28)37)34(41)23-40(32-13-9-8-10-26(32)4)45(43,44)30-18-14-25(3)15-19-30/h5-19,21,24,33H,20,22-23H2,1-4H3,(H,38,42)/t33-/m0/s1. The molecule has 0 unspecified atom stereocenters. The van der Waals surface area contributed by atoms with Crippen LogP contribution in [0.15, 0.2) is 102 Å². The topological polar surface area (TPSA) is 86.8 Å². The third kappa shape index (κ3) is 8.66. The van der Waals surface area contributed by atoms with Gasteiger partial charge in [0.05, 0.1) is 10.6 Å². The Morgan fingerprint density at radius 2 is 1.49 bits per heavy atom. The molecule has 4 aromatic rings. The fourth-order valence-corrected chi connectivity index (χ4v) is 6.91. The van der Waals surface area contributed by atoms with Crippen LogP contribution in [0.25, 0.3) is 0 Å². The number of aryl methyl sites for hydroxylation is 2. The van der Waals surface area contributed by atoms with Gasteiger partial charge in [0, 0.05) is 29.1 Å². The number of rotatable bonds is 12. The number of carbonyl (C=O) groups excluding carboxylic acids is 2. The number of anilines is 1. The second-order valence-electron chi connectivity index (χ2n) is 11.2. The van der Waals surface area contributed by atoms with Gasteiger partial charge in [-0.3, -0.25) is 13.9 Å². The average molecular weight is 667 g/mol. The maximum atomic E-state index is 14.5. The van der Waals surface area contributed by atoms with E-state index in [4.69, 9.17) is 23.2 Å². The Bertz CT molecular complexity index is 1750. The van der Waals surface area contributed by atoms with Crippen LogP contribution < -0.4 is 9.62 Å². The van der Waals surface area contributed by atoms with Gasteiger partial charge in [0.25, 0.3) is 10.0 Å². The molecule has 0 saturated carbocycles. The molecule has 0 spiro atoms. The highest BCUT2D eigenvalue weighted by Crippen LogP contribution is 2.29. The number of nitrogens with one attached hydrogen (secondary N) is 1. The molecule has 0 heterocycles. The van der Waals surface area contributed by atoms with Crippen LogP contribution in [-0.2, 0) is 32.6 Å². The smallest absolute Gasteiger partial charge is 0.264 e. The highest BCUT2D eigenvalue weighted by atomic mass is 35.5. The number of para-hydroxylation sites is 1. The molecule has 0 saturated heterocycles. The van der Waals surface area contributed by atoms with E-state index in [1.54, 1.807) is 61.5 Å². The lowest BCUT2D eigenvalue weighted by Gasteiger charge is -2.34. The van der Waals surface area contributed by atoms with Gasteiger partial charge in [0.2, 0.25) is 11.8 Å².